The van der Waals surface area contributed by atoms with E-state index in [2.05, 4.69) is 25.8 Å². The summed E-state index contributed by atoms with van der Waals surface area (Å²) < 4.78 is 6.49. The van der Waals surface area contributed by atoms with E-state index >= 15 is 0 Å². The molecule has 0 saturated heterocycles. The number of carbonyl (C=O) groups excluding carboxylic acids is 1. The van der Waals surface area contributed by atoms with Crippen molar-refractivity contribution in [2.45, 2.75) is 26.3 Å². The second-order valence-electron chi connectivity index (χ2n) is 4.87. The largest absolute Gasteiger partial charge is 0.413 e. The van der Waals surface area contributed by atoms with Gasteiger partial charge in [-0.2, -0.15) is 4.68 Å². The summed E-state index contributed by atoms with van der Waals surface area (Å²) in [5.74, 6) is 0.882. The van der Waals surface area contributed by atoms with Crippen LogP contribution in [0.2, 0.25) is 0 Å². The number of pyridine rings is 1. The fourth-order valence-electron chi connectivity index (χ4n) is 1.27. The molecule has 0 aliphatic rings. The highest BCUT2D eigenvalue weighted by molar-refractivity contribution is 5.71. The van der Waals surface area contributed by atoms with Gasteiger partial charge in [0.25, 0.3) is 0 Å². The third kappa shape index (κ3) is 3.73. The first kappa shape index (κ1) is 12.9. The number of nitrogens with zero attached hydrogens (tertiary/aromatic N) is 5. The van der Waals surface area contributed by atoms with Crippen molar-refractivity contribution in [1.82, 2.24) is 30.5 Å². The standard InChI is InChI=1S/C11H14N6O2/c1-11(2,3)14-10(18)19-8-4-5-9(12-6-8)17-7-13-15-16-17/h4-7H,1-3H3,(H,14,18). The van der Waals surface area contributed by atoms with E-state index in [1.165, 1.54) is 17.2 Å². The summed E-state index contributed by atoms with van der Waals surface area (Å²) in [5.41, 5.74) is -0.350. The normalized spacial score (nSPS) is 11.1. The highest BCUT2D eigenvalue weighted by atomic mass is 16.6. The molecule has 0 aliphatic carbocycles. The molecule has 8 heteroatoms. The first-order chi connectivity index (χ1) is 8.94. The summed E-state index contributed by atoms with van der Waals surface area (Å²) in [6.07, 6.45) is 2.33. The second kappa shape index (κ2) is 5.01. The molecular formula is C11H14N6O2. The number of hydrogen-bond donors (Lipinski definition) is 1. The molecule has 2 rings (SSSR count). The zero-order valence-electron chi connectivity index (χ0n) is 10.9. The fourth-order valence-corrected chi connectivity index (χ4v) is 1.27. The molecule has 0 unspecified atom stereocenters. The molecule has 8 nitrogen and oxygen atoms in total. The topological polar surface area (TPSA) is 94.8 Å². The first-order valence-corrected chi connectivity index (χ1v) is 5.63. The average molecular weight is 262 g/mol. The molecular weight excluding hydrogens is 248 g/mol. The molecule has 1 N–H and O–H groups in total. The number of hydrogen-bond acceptors (Lipinski definition) is 6. The van der Waals surface area contributed by atoms with Crippen LogP contribution in [0.3, 0.4) is 0 Å². The van der Waals surface area contributed by atoms with Crippen LogP contribution in [-0.4, -0.2) is 36.8 Å². The molecule has 0 saturated carbocycles. The Morgan fingerprint density at radius 2 is 2.16 bits per heavy atom. The molecule has 0 fully saturated rings. The fraction of sp³-hybridized carbons (Fsp3) is 0.364. The van der Waals surface area contributed by atoms with Gasteiger partial charge < -0.3 is 10.1 Å². The number of nitrogens with one attached hydrogen (secondary N) is 1. The van der Waals surface area contributed by atoms with Crippen LogP contribution in [0.25, 0.3) is 5.82 Å². The number of carbonyl (C=O) groups is 1. The van der Waals surface area contributed by atoms with Gasteiger partial charge in [0.1, 0.15) is 6.33 Å². The van der Waals surface area contributed by atoms with Gasteiger partial charge in [-0.05, 0) is 43.3 Å². The third-order valence-corrected chi connectivity index (χ3v) is 1.99. The Morgan fingerprint density at radius 3 is 2.68 bits per heavy atom. The summed E-state index contributed by atoms with van der Waals surface area (Å²) >= 11 is 0. The molecule has 2 aromatic heterocycles. The Labute approximate surface area is 109 Å². The molecule has 2 aromatic rings. The summed E-state index contributed by atoms with van der Waals surface area (Å²) in [6.45, 7) is 5.61. The summed E-state index contributed by atoms with van der Waals surface area (Å²) in [5, 5.41) is 13.4. The zero-order valence-corrected chi connectivity index (χ0v) is 10.9. The lowest BCUT2D eigenvalue weighted by Gasteiger charge is -2.19. The molecule has 2 heterocycles. The number of tetrazole rings is 1. The number of ether oxygens (including phenoxy) is 1. The summed E-state index contributed by atoms with van der Waals surface area (Å²) in [4.78, 5) is 15.6. The minimum Gasteiger partial charge on any atom is -0.409 e. The van der Waals surface area contributed by atoms with Crippen molar-refractivity contribution < 1.29 is 9.53 Å². The minimum absolute atomic E-state index is 0.346. The Morgan fingerprint density at radius 1 is 1.37 bits per heavy atom. The maximum absolute atomic E-state index is 11.5. The average Bonchev–Trinajstić information content (AvgIpc) is 2.80. The predicted molar refractivity (Wildman–Crippen MR) is 65.9 cm³/mol. The maximum Gasteiger partial charge on any atom is 0.413 e. The summed E-state index contributed by atoms with van der Waals surface area (Å²) in [6, 6.07) is 3.27. The summed E-state index contributed by atoms with van der Waals surface area (Å²) in [7, 11) is 0. The third-order valence-electron chi connectivity index (χ3n) is 1.99. The monoisotopic (exact) mass is 262 g/mol. The van der Waals surface area contributed by atoms with Gasteiger partial charge in [0.2, 0.25) is 0 Å². The van der Waals surface area contributed by atoms with Gasteiger partial charge in [-0.15, -0.1) is 5.10 Å². The van der Waals surface area contributed by atoms with Crippen molar-refractivity contribution in [2.75, 3.05) is 0 Å². The van der Waals surface area contributed by atoms with E-state index in [-0.39, 0.29) is 5.54 Å². The molecule has 0 radical (unpaired) electrons. The molecule has 100 valence electrons. The Bertz CT molecular complexity index is 544. The molecule has 0 spiro atoms. The number of amides is 1. The second-order valence-corrected chi connectivity index (χ2v) is 4.87. The van der Waals surface area contributed by atoms with E-state index in [1.54, 1.807) is 12.1 Å². The highest BCUT2D eigenvalue weighted by Crippen LogP contribution is 2.11. The molecule has 0 atom stereocenters. The van der Waals surface area contributed by atoms with Crippen molar-refractivity contribution in [1.29, 1.82) is 0 Å². The van der Waals surface area contributed by atoms with Crippen LogP contribution in [0.15, 0.2) is 24.7 Å². The van der Waals surface area contributed by atoms with Gasteiger partial charge in [0.05, 0.1) is 6.20 Å². The van der Waals surface area contributed by atoms with Crippen LogP contribution in [0, 0.1) is 0 Å². The van der Waals surface area contributed by atoms with Crippen molar-refractivity contribution in [3.63, 3.8) is 0 Å². The number of rotatable bonds is 2. The molecule has 0 bridgehead atoms. The van der Waals surface area contributed by atoms with Crippen molar-refractivity contribution in [3.8, 4) is 11.6 Å². The van der Waals surface area contributed by atoms with Gasteiger partial charge >= 0.3 is 6.09 Å². The van der Waals surface area contributed by atoms with Gasteiger partial charge in [-0.25, -0.2) is 9.78 Å². The molecule has 0 aromatic carbocycles. The van der Waals surface area contributed by atoms with Crippen LogP contribution in [-0.2, 0) is 0 Å². The van der Waals surface area contributed by atoms with Crippen molar-refractivity contribution in [3.05, 3.63) is 24.7 Å². The smallest absolute Gasteiger partial charge is 0.409 e. The van der Waals surface area contributed by atoms with E-state index in [4.69, 9.17) is 4.74 Å². The van der Waals surface area contributed by atoms with Crippen LogP contribution < -0.4 is 10.1 Å². The zero-order chi connectivity index (χ0) is 13.9. The van der Waals surface area contributed by atoms with Gasteiger partial charge in [0.15, 0.2) is 11.6 Å². The highest BCUT2D eigenvalue weighted by Gasteiger charge is 2.15. The predicted octanol–water partition coefficient (Wildman–Crippen LogP) is 0.944. The Kier molecular flexibility index (Phi) is 3.41. The Hall–Kier alpha value is -2.51. The van der Waals surface area contributed by atoms with Crippen LogP contribution in [0.4, 0.5) is 4.79 Å². The SMILES string of the molecule is CC(C)(C)NC(=O)Oc1ccc(-n2cnnn2)nc1. The lowest BCUT2D eigenvalue weighted by atomic mass is 10.1. The van der Waals surface area contributed by atoms with Crippen molar-refractivity contribution >= 4 is 6.09 Å². The lowest BCUT2D eigenvalue weighted by Crippen LogP contribution is -2.42. The van der Waals surface area contributed by atoms with E-state index in [9.17, 15) is 4.79 Å². The van der Waals surface area contributed by atoms with E-state index < -0.39 is 6.09 Å². The molecule has 19 heavy (non-hydrogen) atoms. The van der Waals surface area contributed by atoms with Crippen LogP contribution in [0.1, 0.15) is 20.8 Å². The lowest BCUT2D eigenvalue weighted by molar-refractivity contribution is 0.190. The minimum atomic E-state index is -0.524. The Balaban J connectivity index is 2.01. The first-order valence-electron chi connectivity index (χ1n) is 5.63. The molecule has 0 aliphatic heterocycles. The van der Waals surface area contributed by atoms with Crippen LogP contribution in [0.5, 0.6) is 5.75 Å². The van der Waals surface area contributed by atoms with Gasteiger partial charge in [0, 0.05) is 5.54 Å². The van der Waals surface area contributed by atoms with E-state index in [0.717, 1.165) is 0 Å². The van der Waals surface area contributed by atoms with Crippen molar-refractivity contribution in [2.24, 2.45) is 0 Å². The number of aromatic nitrogens is 5. The quantitative estimate of drug-likeness (QED) is 0.865. The van der Waals surface area contributed by atoms with Gasteiger partial charge in [-0.3, -0.25) is 0 Å². The maximum atomic E-state index is 11.5. The van der Waals surface area contributed by atoms with Crippen LogP contribution >= 0.6 is 0 Å². The van der Waals surface area contributed by atoms with Gasteiger partial charge in [-0.1, -0.05) is 0 Å². The van der Waals surface area contributed by atoms with E-state index in [0.29, 0.717) is 11.6 Å². The molecule has 1 amide bonds. The van der Waals surface area contributed by atoms with E-state index in [1.807, 2.05) is 20.8 Å².